The van der Waals surface area contributed by atoms with E-state index in [-0.39, 0.29) is 76.8 Å². The molecule has 3 aromatic carbocycles. The Hall–Kier alpha value is -3.19. The molecule has 2 amide bonds. The van der Waals surface area contributed by atoms with Crippen LogP contribution in [0.4, 0.5) is 11.4 Å². The summed E-state index contributed by atoms with van der Waals surface area (Å²) in [5.74, 6) is -0.824. The van der Waals surface area contributed by atoms with Crippen molar-refractivity contribution < 1.29 is 92.3 Å². The second-order valence-corrected chi connectivity index (χ2v) is 15.2. The summed E-state index contributed by atoms with van der Waals surface area (Å²) in [6.07, 6.45) is 2.34. The molecule has 2 aromatic heterocycles. The molecule has 4 heterocycles. The van der Waals surface area contributed by atoms with Gasteiger partial charge in [0, 0.05) is 85.7 Å². The summed E-state index contributed by atoms with van der Waals surface area (Å²) in [7, 11) is -1.82. The van der Waals surface area contributed by atoms with Gasteiger partial charge in [-0.3, -0.25) is 19.4 Å². The Morgan fingerprint density at radius 2 is 1.65 bits per heavy atom. The quantitative estimate of drug-likeness (QED) is 0.134. The predicted molar refractivity (Wildman–Crippen MR) is 203 cm³/mol. The Labute approximate surface area is 380 Å². The molecule has 7 rings (SSSR count). The summed E-state index contributed by atoms with van der Waals surface area (Å²) in [5.41, 5.74) is 5.80. The number of fused-ring (bicyclic) bond motifs is 1. The second kappa shape index (κ2) is 18.8. The number of halogens is 1. The van der Waals surface area contributed by atoms with Gasteiger partial charge in [0.2, 0.25) is 0 Å². The number of aryl methyl sites for hydroxylation is 1. The Bertz CT molecular complexity index is 2370. The van der Waals surface area contributed by atoms with E-state index in [9.17, 15) is 29.2 Å². The summed E-state index contributed by atoms with van der Waals surface area (Å²) < 4.78 is 24.7. The van der Waals surface area contributed by atoms with Gasteiger partial charge in [-0.05, 0) is 79.1 Å². The van der Waals surface area contributed by atoms with Crippen molar-refractivity contribution in [2.24, 2.45) is 14.1 Å². The molecule has 2 aliphatic heterocycles. The fraction of sp³-hybridized carbons (Fsp3) is 0.275. The molecule has 0 unspecified atom stereocenters. The SMILES string of the molecule is Cc1c(C(=O)N(c2ccc(OP(=O)([O-])[O-])cc2)c2cc(C#N)n(C)c2)cc(-c2cc(Cl)ccc2C(=O)N2Cc3ccccc3C[C@H]2CN2CCOCC2)n1C.[Na+].[Na+]. The number of nitrogens with zero attached hydrogens (tertiary/aromatic N) is 6. The van der Waals surface area contributed by atoms with Gasteiger partial charge in [0.25, 0.3) is 11.8 Å². The largest absolute Gasteiger partial charge is 1.00 e. The fourth-order valence-corrected chi connectivity index (χ4v) is 7.94. The maximum atomic E-state index is 14.8. The number of ether oxygens (including phenoxy) is 1. The molecular formula is C40H38ClN6Na2O7P. The van der Waals surface area contributed by atoms with E-state index in [0.717, 1.165) is 18.7 Å². The van der Waals surface area contributed by atoms with Gasteiger partial charge in [0.15, 0.2) is 0 Å². The molecule has 284 valence electrons. The Balaban J connectivity index is 0.00000310. The number of rotatable bonds is 9. The fourth-order valence-electron chi connectivity index (χ4n) is 7.38. The van der Waals surface area contributed by atoms with Gasteiger partial charge in [-0.2, -0.15) is 5.26 Å². The van der Waals surface area contributed by atoms with Crippen molar-refractivity contribution in [2.45, 2.75) is 25.9 Å². The second-order valence-electron chi connectivity index (χ2n) is 13.7. The zero-order chi connectivity index (χ0) is 39.0. The van der Waals surface area contributed by atoms with Crippen LogP contribution in [0.3, 0.4) is 0 Å². The van der Waals surface area contributed by atoms with Crippen molar-refractivity contribution in [1.29, 1.82) is 5.26 Å². The monoisotopic (exact) mass is 826 g/mol. The van der Waals surface area contributed by atoms with Crippen LogP contribution < -0.4 is 78.3 Å². The van der Waals surface area contributed by atoms with E-state index >= 15 is 0 Å². The van der Waals surface area contributed by atoms with Crippen molar-refractivity contribution >= 4 is 42.6 Å². The third kappa shape index (κ3) is 9.82. The molecule has 1 fully saturated rings. The van der Waals surface area contributed by atoms with Crippen molar-refractivity contribution in [3.63, 3.8) is 0 Å². The standard InChI is InChI=1S/C40H40ClN6O7P.2Na/c1-26-36(40(49)47(33-20-31(22-42)43(2)24-33)30-9-11-34(12-10-30)54-55(50,51)52)21-38(44(26)3)37-19-29(41)8-13-35(37)39(48)46-23-28-7-5-4-6-27(28)18-32(46)25-45-14-16-53-17-15-45;;/h4-13,19-21,24,32H,14-18,23,25H2,1-3H3,(H2,50,51,52);;/q;2*+1/p-2/t32-;;/m0../s1. The molecule has 0 saturated carbocycles. The molecule has 2 aliphatic rings. The molecule has 0 bridgehead atoms. The summed E-state index contributed by atoms with van der Waals surface area (Å²) in [5, 5.41) is 10.1. The third-order valence-electron chi connectivity index (χ3n) is 10.3. The van der Waals surface area contributed by atoms with Gasteiger partial charge in [-0.1, -0.05) is 35.9 Å². The predicted octanol–water partition coefficient (Wildman–Crippen LogP) is -1.04. The first-order chi connectivity index (χ1) is 26.3. The number of carbonyl (C=O) groups is 2. The van der Waals surface area contributed by atoms with E-state index in [1.165, 1.54) is 34.7 Å². The Morgan fingerprint density at radius 1 is 0.965 bits per heavy atom. The number of aromatic nitrogens is 2. The number of carbonyl (C=O) groups excluding carboxylic acids is 2. The normalized spacial score (nSPS) is 15.5. The Kier molecular flexibility index (Phi) is 14.8. The zero-order valence-electron chi connectivity index (χ0n) is 32.5. The minimum atomic E-state index is -5.31. The summed E-state index contributed by atoms with van der Waals surface area (Å²) in [4.78, 5) is 57.7. The maximum absolute atomic E-state index is 14.8. The summed E-state index contributed by atoms with van der Waals surface area (Å²) in [6.45, 7) is 5.84. The van der Waals surface area contributed by atoms with E-state index in [4.69, 9.17) is 16.3 Å². The molecule has 0 radical (unpaired) electrons. The molecule has 17 heteroatoms. The van der Waals surface area contributed by atoms with E-state index in [0.29, 0.717) is 82.9 Å². The van der Waals surface area contributed by atoms with Crippen molar-refractivity contribution in [2.75, 3.05) is 37.7 Å². The molecule has 1 saturated heterocycles. The van der Waals surface area contributed by atoms with E-state index in [1.807, 2.05) is 28.6 Å². The molecule has 0 N–H and O–H groups in total. The number of amides is 2. The minimum Gasteiger partial charge on any atom is -0.780 e. The molecule has 0 aliphatic carbocycles. The number of benzene rings is 3. The average Bonchev–Trinajstić information content (AvgIpc) is 3.68. The van der Waals surface area contributed by atoms with Crippen LogP contribution in [-0.4, -0.2) is 69.6 Å². The smallest absolute Gasteiger partial charge is 0.780 e. The van der Waals surface area contributed by atoms with Gasteiger partial charge in [0.1, 0.15) is 25.3 Å². The molecule has 5 aromatic rings. The topological polar surface area (TPSA) is 159 Å². The van der Waals surface area contributed by atoms with Gasteiger partial charge in [0.05, 0.1) is 24.5 Å². The molecule has 1 atom stereocenters. The van der Waals surface area contributed by atoms with Crippen LogP contribution in [0, 0.1) is 18.3 Å². The zero-order valence-corrected chi connectivity index (χ0v) is 38.1. The first kappa shape index (κ1) is 44.9. The molecular weight excluding hydrogens is 789 g/mol. The average molecular weight is 827 g/mol. The molecule has 57 heavy (non-hydrogen) atoms. The van der Waals surface area contributed by atoms with Gasteiger partial charge in [-0.25, -0.2) is 0 Å². The first-order valence-electron chi connectivity index (χ1n) is 17.7. The number of phosphoric ester groups is 1. The van der Waals surface area contributed by atoms with Crippen molar-refractivity contribution in [3.05, 3.63) is 124 Å². The number of nitriles is 1. The van der Waals surface area contributed by atoms with Crippen molar-refractivity contribution in [3.8, 4) is 23.1 Å². The Morgan fingerprint density at radius 3 is 2.30 bits per heavy atom. The van der Waals surface area contributed by atoms with Crippen molar-refractivity contribution in [1.82, 2.24) is 18.9 Å². The van der Waals surface area contributed by atoms with Crippen LogP contribution >= 0.6 is 19.4 Å². The first-order valence-corrected chi connectivity index (χ1v) is 19.5. The number of hydrogen-bond acceptors (Lipinski definition) is 9. The number of hydrogen-bond donors (Lipinski definition) is 0. The van der Waals surface area contributed by atoms with Gasteiger partial charge in [-0.15, -0.1) is 0 Å². The van der Waals surface area contributed by atoms with Crippen LogP contribution in [0.2, 0.25) is 5.02 Å². The number of morpholine rings is 1. The van der Waals surface area contributed by atoms with Gasteiger partial charge < -0.3 is 37.6 Å². The van der Waals surface area contributed by atoms with Crippen LogP contribution in [0.1, 0.15) is 43.2 Å². The summed E-state index contributed by atoms with van der Waals surface area (Å²) >= 11 is 6.61. The van der Waals surface area contributed by atoms with Crippen LogP contribution in [-0.2, 0) is 36.4 Å². The molecule has 13 nitrogen and oxygen atoms in total. The van der Waals surface area contributed by atoms with Gasteiger partial charge >= 0.3 is 59.1 Å². The molecule has 0 spiro atoms. The number of phosphoric acid groups is 1. The minimum absolute atomic E-state index is 0. The van der Waals surface area contributed by atoms with Crippen LogP contribution in [0.5, 0.6) is 5.75 Å². The third-order valence-corrected chi connectivity index (χ3v) is 11.0. The number of anilines is 2. The van der Waals surface area contributed by atoms with Crippen LogP contribution in [0.25, 0.3) is 11.3 Å². The van der Waals surface area contributed by atoms with E-state index in [2.05, 4.69) is 27.6 Å². The van der Waals surface area contributed by atoms with E-state index in [1.54, 1.807) is 55.1 Å². The summed E-state index contributed by atoms with van der Waals surface area (Å²) in [6, 6.07) is 24.1. The van der Waals surface area contributed by atoms with E-state index < -0.39 is 13.7 Å². The van der Waals surface area contributed by atoms with Crippen LogP contribution in [0.15, 0.2) is 85.1 Å². The maximum Gasteiger partial charge on any atom is 1.00 e.